The summed E-state index contributed by atoms with van der Waals surface area (Å²) in [6, 6.07) is 8.60. The van der Waals surface area contributed by atoms with Crippen LogP contribution in [0.15, 0.2) is 42.7 Å². The van der Waals surface area contributed by atoms with Gasteiger partial charge in [0.1, 0.15) is 0 Å². The third-order valence-electron chi connectivity index (χ3n) is 4.64. The van der Waals surface area contributed by atoms with E-state index in [9.17, 15) is 9.59 Å². The van der Waals surface area contributed by atoms with E-state index in [-0.39, 0.29) is 17.7 Å². The summed E-state index contributed by atoms with van der Waals surface area (Å²) in [5.41, 5.74) is 1.09. The number of Topliss-reactive ketones (excluding diaryl/α,β-unsaturated/α-hetero) is 1. The first-order valence-corrected chi connectivity index (χ1v) is 8.73. The highest BCUT2D eigenvalue weighted by Crippen LogP contribution is 2.17. The van der Waals surface area contributed by atoms with Crippen LogP contribution >= 0.6 is 0 Å². The number of anilines is 2. The molecule has 1 saturated heterocycles. The van der Waals surface area contributed by atoms with Gasteiger partial charge in [0.25, 0.3) is 0 Å². The van der Waals surface area contributed by atoms with Gasteiger partial charge < -0.3 is 10.2 Å². The van der Waals surface area contributed by atoms with Gasteiger partial charge in [-0.05, 0) is 32.0 Å². The van der Waals surface area contributed by atoms with Crippen LogP contribution in [0.1, 0.15) is 24.2 Å². The molecule has 1 aliphatic rings. The molecule has 0 unspecified atom stereocenters. The molecular weight excluding hydrogens is 330 g/mol. The molecule has 2 heterocycles. The molecule has 136 valence electrons. The zero-order valence-electron chi connectivity index (χ0n) is 15.1. The van der Waals surface area contributed by atoms with E-state index >= 15 is 0 Å². The zero-order chi connectivity index (χ0) is 18.5. The molecule has 1 aromatic heterocycles. The Morgan fingerprint density at radius 1 is 1.04 bits per heavy atom. The van der Waals surface area contributed by atoms with Crippen molar-refractivity contribution in [3.63, 3.8) is 0 Å². The number of benzene rings is 1. The van der Waals surface area contributed by atoms with Crippen molar-refractivity contribution < 1.29 is 9.59 Å². The maximum Gasteiger partial charge on any atom is 0.241 e. The minimum absolute atomic E-state index is 0.0648. The summed E-state index contributed by atoms with van der Waals surface area (Å²) >= 11 is 0. The number of rotatable bonds is 5. The molecule has 0 aliphatic carbocycles. The van der Waals surface area contributed by atoms with E-state index in [0.29, 0.717) is 11.3 Å². The van der Waals surface area contributed by atoms with Gasteiger partial charge in [0.15, 0.2) is 5.78 Å². The predicted octanol–water partition coefficient (Wildman–Crippen LogP) is 1.83. The molecule has 0 radical (unpaired) electrons. The lowest BCUT2D eigenvalue weighted by molar-refractivity contribution is -0.120. The summed E-state index contributed by atoms with van der Waals surface area (Å²) in [4.78, 5) is 37.1. The van der Waals surface area contributed by atoms with E-state index in [1.54, 1.807) is 36.7 Å². The van der Waals surface area contributed by atoms with Crippen LogP contribution in [0.2, 0.25) is 0 Å². The summed E-state index contributed by atoms with van der Waals surface area (Å²) in [6.07, 6.45) is 3.47. The second-order valence-corrected chi connectivity index (χ2v) is 6.34. The second kappa shape index (κ2) is 8.05. The molecule has 1 fully saturated rings. The second-order valence-electron chi connectivity index (χ2n) is 6.34. The van der Waals surface area contributed by atoms with Crippen LogP contribution in [0, 0.1) is 0 Å². The van der Waals surface area contributed by atoms with Gasteiger partial charge in [-0.25, -0.2) is 9.97 Å². The monoisotopic (exact) mass is 353 g/mol. The van der Waals surface area contributed by atoms with Crippen LogP contribution in [-0.2, 0) is 4.79 Å². The van der Waals surface area contributed by atoms with Gasteiger partial charge in [0.05, 0.1) is 11.7 Å². The zero-order valence-corrected chi connectivity index (χ0v) is 15.1. The normalized spacial score (nSPS) is 16.2. The minimum Gasteiger partial charge on any atom is -0.338 e. The number of hydrogen-bond donors (Lipinski definition) is 1. The van der Waals surface area contributed by atoms with Crippen molar-refractivity contribution in [3.05, 3.63) is 48.3 Å². The van der Waals surface area contributed by atoms with Gasteiger partial charge in [-0.15, -0.1) is 0 Å². The molecule has 3 rings (SSSR count). The third-order valence-corrected chi connectivity index (χ3v) is 4.64. The van der Waals surface area contributed by atoms with E-state index in [1.165, 1.54) is 6.92 Å². The molecule has 1 N–H and O–H groups in total. The van der Waals surface area contributed by atoms with Gasteiger partial charge >= 0.3 is 0 Å². The van der Waals surface area contributed by atoms with Crippen LogP contribution in [0.3, 0.4) is 0 Å². The number of carbonyl (C=O) groups excluding carboxylic acids is 2. The van der Waals surface area contributed by atoms with Crippen LogP contribution in [0.25, 0.3) is 0 Å². The standard InChI is InChI=1S/C19H23N5O2/c1-14(18(26)22-17-7-4-3-6-16(17)15(2)25)23-10-12-24(13-11-23)19-20-8-5-9-21-19/h3-9,14H,10-13H2,1-2H3,(H,22,26)/t14-/m0/s1. The SMILES string of the molecule is CC(=O)c1ccccc1NC(=O)[C@H](C)N1CCN(c2ncccn2)CC1. The fourth-order valence-corrected chi connectivity index (χ4v) is 3.07. The highest BCUT2D eigenvalue weighted by atomic mass is 16.2. The summed E-state index contributed by atoms with van der Waals surface area (Å²) in [6.45, 7) is 6.43. The number of para-hydroxylation sites is 1. The molecule has 1 amide bonds. The Kier molecular flexibility index (Phi) is 5.58. The number of piperazine rings is 1. The van der Waals surface area contributed by atoms with E-state index in [1.807, 2.05) is 13.0 Å². The molecule has 0 spiro atoms. The van der Waals surface area contributed by atoms with E-state index in [0.717, 1.165) is 32.1 Å². The molecule has 7 heteroatoms. The van der Waals surface area contributed by atoms with Gasteiger partial charge in [-0.1, -0.05) is 12.1 Å². The first-order chi connectivity index (χ1) is 12.6. The summed E-state index contributed by atoms with van der Waals surface area (Å²) < 4.78 is 0. The molecule has 0 saturated carbocycles. The van der Waals surface area contributed by atoms with Crippen molar-refractivity contribution >= 4 is 23.3 Å². The van der Waals surface area contributed by atoms with Crippen LogP contribution in [0.4, 0.5) is 11.6 Å². The quantitative estimate of drug-likeness (QED) is 0.826. The maximum absolute atomic E-state index is 12.6. The fourth-order valence-electron chi connectivity index (χ4n) is 3.07. The lowest BCUT2D eigenvalue weighted by Gasteiger charge is -2.37. The first-order valence-electron chi connectivity index (χ1n) is 8.73. The lowest BCUT2D eigenvalue weighted by Crippen LogP contribution is -2.53. The molecule has 1 aliphatic heterocycles. The molecule has 26 heavy (non-hydrogen) atoms. The van der Waals surface area contributed by atoms with Gasteiger partial charge in [-0.3, -0.25) is 14.5 Å². The van der Waals surface area contributed by atoms with E-state index < -0.39 is 0 Å². The number of hydrogen-bond acceptors (Lipinski definition) is 6. The Hall–Kier alpha value is -2.80. The number of amides is 1. The van der Waals surface area contributed by atoms with Crippen molar-refractivity contribution in [2.45, 2.75) is 19.9 Å². The number of nitrogens with one attached hydrogen (secondary N) is 1. The van der Waals surface area contributed by atoms with Gasteiger partial charge in [-0.2, -0.15) is 0 Å². The van der Waals surface area contributed by atoms with Crippen molar-refractivity contribution in [3.8, 4) is 0 Å². The smallest absolute Gasteiger partial charge is 0.241 e. The molecule has 7 nitrogen and oxygen atoms in total. The average molecular weight is 353 g/mol. The Morgan fingerprint density at radius 3 is 2.35 bits per heavy atom. The number of aromatic nitrogens is 2. The molecule has 2 aromatic rings. The highest BCUT2D eigenvalue weighted by Gasteiger charge is 2.26. The van der Waals surface area contributed by atoms with E-state index in [4.69, 9.17) is 0 Å². The first kappa shape index (κ1) is 18.0. The van der Waals surface area contributed by atoms with Crippen molar-refractivity contribution in [1.29, 1.82) is 0 Å². The van der Waals surface area contributed by atoms with E-state index in [2.05, 4.69) is 25.1 Å². The Morgan fingerprint density at radius 2 is 1.69 bits per heavy atom. The summed E-state index contributed by atoms with van der Waals surface area (Å²) in [7, 11) is 0. The summed E-state index contributed by atoms with van der Waals surface area (Å²) in [5, 5.41) is 2.89. The van der Waals surface area contributed by atoms with Gasteiger partial charge in [0.2, 0.25) is 11.9 Å². The average Bonchev–Trinajstić information content (AvgIpc) is 2.68. The maximum atomic E-state index is 12.6. The fraction of sp³-hybridized carbons (Fsp3) is 0.368. The topological polar surface area (TPSA) is 78.4 Å². The molecule has 1 atom stereocenters. The molecule has 1 aromatic carbocycles. The van der Waals surface area contributed by atoms with Crippen molar-refractivity contribution in [1.82, 2.24) is 14.9 Å². The number of ketones is 1. The molecule has 0 bridgehead atoms. The van der Waals surface area contributed by atoms with Crippen molar-refractivity contribution in [2.24, 2.45) is 0 Å². The van der Waals surface area contributed by atoms with Crippen LogP contribution < -0.4 is 10.2 Å². The largest absolute Gasteiger partial charge is 0.338 e. The highest BCUT2D eigenvalue weighted by molar-refractivity contribution is 6.04. The molecular formula is C19H23N5O2. The third kappa shape index (κ3) is 4.05. The van der Waals surface area contributed by atoms with Crippen molar-refractivity contribution in [2.75, 3.05) is 36.4 Å². The Bertz CT molecular complexity index is 773. The van der Waals surface area contributed by atoms with Crippen LogP contribution in [-0.4, -0.2) is 58.8 Å². The van der Waals surface area contributed by atoms with Gasteiger partial charge in [0, 0.05) is 44.1 Å². The van der Waals surface area contributed by atoms with Crippen LogP contribution in [0.5, 0.6) is 0 Å². The number of nitrogens with zero attached hydrogens (tertiary/aromatic N) is 4. The Balaban J connectivity index is 1.59. The Labute approximate surface area is 153 Å². The lowest BCUT2D eigenvalue weighted by atomic mass is 10.1. The number of carbonyl (C=O) groups is 2. The minimum atomic E-state index is -0.283. The summed E-state index contributed by atoms with van der Waals surface area (Å²) in [5.74, 6) is 0.549. The predicted molar refractivity (Wildman–Crippen MR) is 100 cm³/mol.